The zero-order valence-electron chi connectivity index (χ0n) is 15.4. The molecule has 2 rings (SSSR count). The van der Waals surface area contributed by atoms with Crippen LogP contribution in [-0.2, 0) is 14.4 Å². The maximum Gasteiger partial charge on any atom is 0.333 e. The maximum absolute atomic E-state index is 12.9. The molecule has 2 aliphatic rings. The fourth-order valence-electron chi connectivity index (χ4n) is 3.25. The fourth-order valence-corrected chi connectivity index (χ4v) is 3.25. The van der Waals surface area contributed by atoms with Gasteiger partial charge in [-0.2, -0.15) is 0 Å². The molecule has 0 spiro atoms. The molecule has 0 radical (unpaired) electrons. The van der Waals surface area contributed by atoms with E-state index in [0.717, 1.165) is 34.8 Å². The van der Waals surface area contributed by atoms with Crippen molar-refractivity contribution in [1.82, 2.24) is 15.1 Å². The van der Waals surface area contributed by atoms with Crippen molar-refractivity contribution in [2.45, 2.75) is 40.0 Å². The molecule has 1 N–H and O–H groups in total. The molecule has 0 bridgehead atoms. The number of ketones is 1. The Bertz CT molecular complexity index is 618. The summed E-state index contributed by atoms with van der Waals surface area (Å²) in [6.45, 7) is 6.48. The molecule has 0 aromatic heterocycles. The van der Waals surface area contributed by atoms with Crippen molar-refractivity contribution in [3.63, 3.8) is 0 Å². The first kappa shape index (κ1) is 19.3. The van der Waals surface area contributed by atoms with Gasteiger partial charge in [0.25, 0.3) is 0 Å². The number of rotatable bonds is 5. The number of carbonyl (C=O) groups is 4. The average Bonchev–Trinajstić information content (AvgIpc) is 2.61. The number of nitrogens with zero attached hydrogens (tertiary/aromatic N) is 2. The number of carbonyl (C=O) groups excluding carboxylic acids is 4. The summed E-state index contributed by atoms with van der Waals surface area (Å²) in [5, 5.41) is 3.16. The number of hydrogen-bond acceptors (Lipinski definition) is 5. The summed E-state index contributed by atoms with van der Waals surface area (Å²) in [7, 11) is 1.36. The lowest BCUT2D eigenvalue weighted by molar-refractivity contribution is -0.157. The molecule has 0 aromatic rings. The molecule has 25 heavy (non-hydrogen) atoms. The molecule has 2 aliphatic heterocycles. The third-order valence-corrected chi connectivity index (χ3v) is 5.00. The highest BCUT2D eigenvalue weighted by Crippen LogP contribution is 2.33. The number of Topliss-reactive ketones (excluding diaryl/α,β-unsaturated/α-hetero) is 1. The van der Waals surface area contributed by atoms with Crippen LogP contribution in [0.25, 0.3) is 0 Å². The highest BCUT2D eigenvalue weighted by molar-refractivity contribution is 6.19. The predicted molar refractivity (Wildman–Crippen MR) is 92.6 cm³/mol. The maximum atomic E-state index is 12.9. The predicted octanol–water partition coefficient (Wildman–Crippen LogP) is 1.34. The van der Waals surface area contributed by atoms with Gasteiger partial charge >= 0.3 is 6.03 Å². The molecule has 0 aliphatic carbocycles. The molecule has 0 saturated carbocycles. The van der Waals surface area contributed by atoms with E-state index in [1.54, 1.807) is 6.92 Å². The second-order valence-corrected chi connectivity index (χ2v) is 7.37. The van der Waals surface area contributed by atoms with Crippen molar-refractivity contribution in [3.05, 3.63) is 11.6 Å². The highest BCUT2D eigenvalue weighted by atomic mass is 16.2. The molecule has 0 aromatic carbocycles. The number of urea groups is 1. The number of amides is 4. The van der Waals surface area contributed by atoms with Crippen LogP contribution in [0, 0.1) is 11.3 Å². The second-order valence-electron chi connectivity index (χ2n) is 7.37. The van der Waals surface area contributed by atoms with Crippen molar-refractivity contribution in [1.29, 1.82) is 0 Å². The Hall–Kier alpha value is -2.02. The quantitative estimate of drug-likeness (QED) is 0.598. The van der Waals surface area contributed by atoms with E-state index in [-0.39, 0.29) is 24.7 Å². The van der Waals surface area contributed by atoms with E-state index in [1.807, 2.05) is 19.9 Å². The Morgan fingerprint density at radius 1 is 1.28 bits per heavy atom. The number of allylic oxidation sites excluding steroid dienone is 2. The Labute approximate surface area is 148 Å². The van der Waals surface area contributed by atoms with Crippen molar-refractivity contribution < 1.29 is 19.2 Å². The summed E-state index contributed by atoms with van der Waals surface area (Å²) in [5.74, 6) is -1.44. The van der Waals surface area contributed by atoms with E-state index in [1.165, 1.54) is 7.05 Å². The Kier molecular flexibility index (Phi) is 5.77. The largest absolute Gasteiger partial charge is 0.333 e. The summed E-state index contributed by atoms with van der Waals surface area (Å²) in [4.78, 5) is 52.3. The normalized spacial score (nSPS) is 27.5. The van der Waals surface area contributed by atoms with Gasteiger partial charge in [-0.1, -0.05) is 11.6 Å². The first-order valence-electron chi connectivity index (χ1n) is 8.69. The average molecular weight is 349 g/mol. The lowest BCUT2D eigenvalue weighted by Crippen LogP contribution is -2.64. The summed E-state index contributed by atoms with van der Waals surface area (Å²) >= 11 is 0. The second kappa shape index (κ2) is 7.47. The molecule has 7 nitrogen and oxygen atoms in total. The molecule has 138 valence electrons. The third kappa shape index (κ3) is 3.81. The van der Waals surface area contributed by atoms with Crippen LogP contribution in [0.3, 0.4) is 0 Å². The molecule has 2 heterocycles. The molecule has 2 atom stereocenters. The van der Waals surface area contributed by atoms with E-state index < -0.39 is 23.3 Å². The van der Waals surface area contributed by atoms with Gasteiger partial charge in [-0.3, -0.25) is 24.2 Å². The van der Waals surface area contributed by atoms with Crippen LogP contribution in [0.2, 0.25) is 0 Å². The molecule has 2 fully saturated rings. The lowest BCUT2D eigenvalue weighted by atomic mass is 9.81. The van der Waals surface area contributed by atoms with Crippen molar-refractivity contribution in [2.75, 3.05) is 26.7 Å². The Morgan fingerprint density at radius 2 is 1.96 bits per heavy atom. The molecule has 2 unspecified atom stereocenters. The van der Waals surface area contributed by atoms with Gasteiger partial charge in [0, 0.05) is 19.5 Å². The highest BCUT2D eigenvalue weighted by Gasteiger charge is 2.53. The van der Waals surface area contributed by atoms with Gasteiger partial charge in [-0.15, -0.1) is 0 Å². The lowest BCUT2D eigenvalue weighted by Gasteiger charge is -2.40. The molecular formula is C18H27N3O4. The van der Waals surface area contributed by atoms with E-state index >= 15 is 0 Å². The van der Waals surface area contributed by atoms with Crippen molar-refractivity contribution in [2.24, 2.45) is 11.3 Å². The number of imide groups is 2. The van der Waals surface area contributed by atoms with Crippen LogP contribution in [0.1, 0.15) is 40.0 Å². The first-order valence-corrected chi connectivity index (χ1v) is 8.69. The van der Waals surface area contributed by atoms with Gasteiger partial charge < -0.3 is 5.32 Å². The third-order valence-electron chi connectivity index (χ3n) is 5.00. The van der Waals surface area contributed by atoms with Crippen molar-refractivity contribution in [3.8, 4) is 0 Å². The van der Waals surface area contributed by atoms with Crippen LogP contribution >= 0.6 is 0 Å². The van der Waals surface area contributed by atoms with Gasteiger partial charge in [0.2, 0.25) is 11.8 Å². The zero-order chi connectivity index (χ0) is 18.8. The number of hydrogen-bond donors (Lipinski definition) is 1. The Morgan fingerprint density at radius 3 is 2.52 bits per heavy atom. The van der Waals surface area contributed by atoms with Crippen LogP contribution in [0.4, 0.5) is 4.79 Å². The van der Waals surface area contributed by atoms with E-state index in [2.05, 4.69) is 5.32 Å². The number of piperidine rings is 1. The van der Waals surface area contributed by atoms with E-state index in [4.69, 9.17) is 0 Å². The topological polar surface area (TPSA) is 86.8 Å². The molecule has 2 saturated heterocycles. The van der Waals surface area contributed by atoms with Gasteiger partial charge in [-0.25, -0.2) is 4.79 Å². The fraction of sp³-hybridized carbons (Fsp3) is 0.667. The van der Waals surface area contributed by atoms with E-state index in [9.17, 15) is 19.2 Å². The molecule has 7 heteroatoms. The summed E-state index contributed by atoms with van der Waals surface area (Å²) < 4.78 is 0. The minimum absolute atomic E-state index is 0.138. The Balaban J connectivity index is 2.22. The molecule has 4 amide bonds. The van der Waals surface area contributed by atoms with Crippen LogP contribution < -0.4 is 5.32 Å². The van der Waals surface area contributed by atoms with Gasteiger partial charge in [0.05, 0.1) is 6.54 Å². The summed E-state index contributed by atoms with van der Waals surface area (Å²) in [6, 6.07) is -0.721. The minimum Gasteiger partial charge on any atom is -0.316 e. The number of nitrogens with one attached hydrogen (secondary N) is 1. The van der Waals surface area contributed by atoms with Crippen molar-refractivity contribution >= 4 is 23.6 Å². The number of barbiturate groups is 1. The van der Waals surface area contributed by atoms with Crippen LogP contribution in [0.5, 0.6) is 0 Å². The minimum atomic E-state index is -1.36. The van der Waals surface area contributed by atoms with Crippen LogP contribution in [0.15, 0.2) is 11.6 Å². The first-order chi connectivity index (χ1) is 11.7. The van der Waals surface area contributed by atoms with E-state index in [0.29, 0.717) is 6.54 Å². The van der Waals surface area contributed by atoms with Gasteiger partial charge in [-0.05, 0) is 46.6 Å². The smallest absolute Gasteiger partial charge is 0.316 e. The zero-order valence-corrected chi connectivity index (χ0v) is 15.4. The summed E-state index contributed by atoms with van der Waals surface area (Å²) in [6.07, 6.45) is 3.67. The van der Waals surface area contributed by atoms with Gasteiger partial charge in [0.15, 0.2) is 5.78 Å². The standard InChI is InChI=1S/C18H27N3O4/c1-12(2)7-8-18(3)15(23)20(4)17(25)21(16(18)24)11-14(22)13-6-5-9-19-10-13/h7,13,19H,5-6,8-11H2,1-4H3. The molecular weight excluding hydrogens is 322 g/mol. The summed E-state index contributed by atoms with van der Waals surface area (Å²) in [5.41, 5.74) is -0.373. The SMILES string of the molecule is CC(C)=CCC1(C)C(=O)N(C)C(=O)N(CC(=O)C2CCCNC2)C1=O. The van der Waals surface area contributed by atoms with Gasteiger partial charge in [0.1, 0.15) is 5.41 Å². The monoisotopic (exact) mass is 349 g/mol. The van der Waals surface area contributed by atoms with Crippen LogP contribution in [-0.4, -0.2) is 60.1 Å².